The van der Waals surface area contributed by atoms with Crippen molar-refractivity contribution in [1.29, 1.82) is 0 Å². The minimum Gasteiger partial charge on any atom is -0.490 e. The van der Waals surface area contributed by atoms with Crippen LogP contribution in [0.3, 0.4) is 0 Å². The Kier molecular flexibility index (Phi) is 4.48. The average Bonchev–Trinajstić information content (AvgIpc) is 2.42. The first-order valence-corrected chi connectivity index (χ1v) is 6.41. The minimum absolute atomic E-state index is 0.510. The first-order valence-electron chi connectivity index (χ1n) is 5.88. The third-order valence-electron chi connectivity index (χ3n) is 2.45. The summed E-state index contributed by atoms with van der Waals surface area (Å²) in [6.07, 6.45) is 0. The lowest BCUT2D eigenvalue weighted by molar-refractivity contribution is 0.321. The molecule has 94 valence electrons. The fraction of sp³-hybridized carbons (Fsp3) is 0.200. The van der Waals surface area contributed by atoms with Gasteiger partial charge in [0.15, 0.2) is 11.5 Å². The zero-order chi connectivity index (χ0) is 12.8. The number of benzene rings is 2. The Morgan fingerprint density at radius 2 is 1.61 bits per heavy atom. The van der Waals surface area contributed by atoms with Gasteiger partial charge in [-0.1, -0.05) is 24.3 Å². The molecule has 2 rings (SSSR count). The summed E-state index contributed by atoms with van der Waals surface area (Å²) in [5.74, 6) is 2.76. The molecule has 0 atom stereocenters. The van der Waals surface area contributed by atoms with E-state index in [0.717, 1.165) is 22.8 Å². The smallest absolute Gasteiger partial charge is 0.169 e. The first kappa shape index (κ1) is 12.8. The molecular weight excluding hydrogens is 248 g/mol. The van der Waals surface area contributed by atoms with Gasteiger partial charge in [-0.2, -0.15) is 0 Å². The molecule has 0 N–H and O–H groups in total. The molecule has 0 aliphatic rings. The van der Waals surface area contributed by atoms with Crippen LogP contribution in [0.1, 0.15) is 12.5 Å². The highest BCUT2D eigenvalue weighted by molar-refractivity contribution is 6.17. The Morgan fingerprint density at radius 3 is 2.22 bits per heavy atom. The summed E-state index contributed by atoms with van der Waals surface area (Å²) in [6.45, 7) is 2.57. The summed E-state index contributed by atoms with van der Waals surface area (Å²) in [5, 5.41) is 0. The fourth-order valence-electron chi connectivity index (χ4n) is 1.58. The number of ether oxygens (including phenoxy) is 2. The fourth-order valence-corrected chi connectivity index (χ4v) is 1.76. The molecule has 0 saturated carbocycles. The maximum atomic E-state index is 5.79. The lowest BCUT2D eigenvalue weighted by Crippen LogP contribution is -1.94. The normalized spacial score (nSPS) is 10.1. The van der Waals surface area contributed by atoms with Crippen molar-refractivity contribution >= 4 is 11.6 Å². The predicted octanol–water partition coefficient (Wildman–Crippen LogP) is 4.62. The number of hydrogen-bond donors (Lipinski definition) is 0. The monoisotopic (exact) mass is 262 g/mol. The Bertz CT molecular complexity index is 494. The predicted molar refractivity (Wildman–Crippen MR) is 73.7 cm³/mol. The molecule has 0 amide bonds. The average molecular weight is 263 g/mol. The van der Waals surface area contributed by atoms with Gasteiger partial charge in [-0.25, -0.2) is 0 Å². The van der Waals surface area contributed by atoms with Crippen LogP contribution in [0.25, 0.3) is 0 Å². The summed E-state index contributed by atoms with van der Waals surface area (Å²) >= 11 is 5.75. The standard InChI is InChI=1S/C15H15ClO2/c1-2-17-14-5-3-4-6-15(14)18-13-9-7-12(11-16)8-10-13/h3-10H,2,11H2,1H3. The second kappa shape index (κ2) is 6.31. The summed E-state index contributed by atoms with van der Waals surface area (Å²) in [4.78, 5) is 0. The molecule has 0 aromatic heterocycles. The van der Waals surface area contributed by atoms with Crippen LogP contribution in [-0.4, -0.2) is 6.61 Å². The van der Waals surface area contributed by atoms with E-state index in [1.165, 1.54) is 0 Å². The van der Waals surface area contributed by atoms with Crippen molar-refractivity contribution in [3.63, 3.8) is 0 Å². The number of alkyl halides is 1. The minimum atomic E-state index is 0.510. The van der Waals surface area contributed by atoms with E-state index in [1.54, 1.807) is 0 Å². The van der Waals surface area contributed by atoms with E-state index in [1.807, 2.05) is 55.5 Å². The lowest BCUT2D eigenvalue weighted by Gasteiger charge is -2.11. The number of rotatable bonds is 5. The maximum absolute atomic E-state index is 5.79. The molecule has 0 fully saturated rings. The molecule has 0 bridgehead atoms. The van der Waals surface area contributed by atoms with Gasteiger partial charge in [-0.05, 0) is 36.8 Å². The van der Waals surface area contributed by atoms with Crippen LogP contribution in [0.15, 0.2) is 48.5 Å². The van der Waals surface area contributed by atoms with E-state index >= 15 is 0 Å². The Hall–Kier alpha value is -1.67. The van der Waals surface area contributed by atoms with Gasteiger partial charge in [0, 0.05) is 5.88 Å². The summed E-state index contributed by atoms with van der Waals surface area (Å²) in [7, 11) is 0. The van der Waals surface area contributed by atoms with Crippen molar-refractivity contribution in [2.24, 2.45) is 0 Å². The van der Waals surface area contributed by atoms with E-state index in [4.69, 9.17) is 21.1 Å². The van der Waals surface area contributed by atoms with Gasteiger partial charge < -0.3 is 9.47 Å². The van der Waals surface area contributed by atoms with Gasteiger partial charge in [-0.15, -0.1) is 11.6 Å². The third kappa shape index (κ3) is 3.17. The lowest BCUT2D eigenvalue weighted by atomic mass is 10.2. The van der Waals surface area contributed by atoms with Crippen LogP contribution in [0.5, 0.6) is 17.2 Å². The van der Waals surface area contributed by atoms with Gasteiger partial charge in [0.1, 0.15) is 5.75 Å². The van der Waals surface area contributed by atoms with Gasteiger partial charge in [0.05, 0.1) is 6.61 Å². The summed E-state index contributed by atoms with van der Waals surface area (Å²) < 4.78 is 11.3. The van der Waals surface area contributed by atoms with E-state index in [9.17, 15) is 0 Å². The Labute approximate surface area is 112 Å². The number of halogens is 1. The molecule has 0 aliphatic heterocycles. The van der Waals surface area contributed by atoms with Gasteiger partial charge in [0.2, 0.25) is 0 Å². The molecule has 0 spiro atoms. The Morgan fingerprint density at radius 1 is 0.944 bits per heavy atom. The summed E-state index contributed by atoms with van der Waals surface area (Å²) in [6, 6.07) is 15.3. The van der Waals surface area contributed by atoms with E-state index in [-0.39, 0.29) is 0 Å². The second-order valence-corrected chi connectivity index (χ2v) is 4.03. The van der Waals surface area contributed by atoms with Gasteiger partial charge >= 0.3 is 0 Å². The van der Waals surface area contributed by atoms with Crippen molar-refractivity contribution in [2.45, 2.75) is 12.8 Å². The molecule has 3 heteroatoms. The molecule has 0 heterocycles. The molecule has 2 aromatic carbocycles. The third-order valence-corrected chi connectivity index (χ3v) is 2.76. The van der Waals surface area contributed by atoms with Crippen LogP contribution in [-0.2, 0) is 5.88 Å². The van der Waals surface area contributed by atoms with Crippen LogP contribution in [0.4, 0.5) is 0 Å². The van der Waals surface area contributed by atoms with Crippen molar-refractivity contribution in [2.75, 3.05) is 6.61 Å². The van der Waals surface area contributed by atoms with Crippen LogP contribution >= 0.6 is 11.6 Å². The highest BCUT2D eigenvalue weighted by Gasteiger charge is 2.04. The SMILES string of the molecule is CCOc1ccccc1Oc1ccc(CCl)cc1. The van der Waals surface area contributed by atoms with Crippen molar-refractivity contribution < 1.29 is 9.47 Å². The van der Waals surface area contributed by atoms with E-state index < -0.39 is 0 Å². The largest absolute Gasteiger partial charge is 0.490 e. The number of para-hydroxylation sites is 2. The van der Waals surface area contributed by atoms with Crippen LogP contribution < -0.4 is 9.47 Å². The molecule has 0 aliphatic carbocycles. The van der Waals surface area contributed by atoms with E-state index in [0.29, 0.717) is 12.5 Å². The van der Waals surface area contributed by atoms with Crippen LogP contribution in [0.2, 0.25) is 0 Å². The quantitative estimate of drug-likeness (QED) is 0.732. The highest BCUT2D eigenvalue weighted by atomic mass is 35.5. The molecule has 18 heavy (non-hydrogen) atoms. The molecule has 0 radical (unpaired) electrons. The zero-order valence-corrected chi connectivity index (χ0v) is 11.0. The zero-order valence-electron chi connectivity index (χ0n) is 10.2. The van der Waals surface area contributed by atoms with Crippen molar-refractivity contribution in [3.8, 4) is 17.2 Å². The molecule has 0 unspecified atom stereocenters. The molecule has 2 nitrogen and oxygen atoms in total. The van der Waals surface area contributed by atoms with Crippen LogP contribution in [0, 0.1) is 0 Å². The molecule has 0 saturated heterocycles. The highest BCUT2D eigenvalue weighted by Crippen LogP contribution is 2.31. The van der Waals surface area contributed by atoms with E-state index in [2.05, 4.69) is 0 Å². The second-order valence-electron chi connectivity index (χ2n) is 3.76. The number of hydrogen-bond acceptors (Lipinski definition) is 2. The van der Waals surface area contributed by atoms with Gasteiger partial charge in [-0.3, -0.25) is 0 Å². The van der Waals surface area contributed by atoms with Gasteiger partial charge in [0.25, 0.3) is 0 Å². The van der Waals surface area contributed by atoms with Crippen molar-refractivity contribution in [3.05, 3.63) is 54.1 Å². The molecule has 2 aromatic rings. The maximum Gasteiger partial charge on any atom is 0.169 e. The van der Waals surface area contributed by atoms with Crippen molar-refractivity contribution in [1.82, 2.24) is 0 Å². The first-order chi connectivity index (χ1) is 8.83. The Balaban J connectivity index is 2.17. The summed E-state index contributed by atoms with van der Waals surface area (Å²) in [5.41, 5.74) is 1.07. The molecular formula is C15H15ClO2. The topological polar surface area (TPSA) is 18.5 Å².